The van der Waals surface area contributed by atoms with Crippen LogP contribution in [-0.4, -0.2) is 11.3 Å². The summed E-state index contributed by atoms with van der Waals surface area (Å²) in [6.45, 7) is 0. The second kappa shape index (κ2) is 5.01. The van der Waals surface area contributed by atoms with Gasteiger partial charge in [-0.3, -0.25) is 9.78 Å². The zero-order chi connectivity index (χ0) is 14.0. The van der Waals surface area contributed by atoms with Crippen molar-refractivity contribution in [3.8, 4) is 11.3 Å². The Kier molecular flexibility index (Phi) is 3.57. The minimum absolute atomic E-state index is 0.0178. The molecule has 1 aromatic carbocycles. The predicted molar refractivity (Wildman–Crippen MR) is 65.1 cm³/mol. The third-order valence-electron chi connectivity index (χ3n) is 2.50. The molecule has 98 valence electrons. The lowest BCUT2D eigenvalue weighted by Gasteiger charge is -2.13. The van der Waals surface area contributed by atoms with Crippen LogP contribution in [0, 0.1) is 0 Å². The van der Waals surface area contributed by atoms with Gasteiger partial charge >= 0.3 is 6.18 Å². The zero-order valence-electron chi connectivity index (χ0n) is 9.41. The summed E-state index contributed by atoms with van der Waals surface area (Å²) < 4.78 is 38.7. The van der Waals surface area contributed by atoms with Crippen molar-refractivity contribution >= 4 is 17.9 Å². The van der Waals surface area contributed by atoms with Crippen LogP contribution in [-0.2, 0) is 6.18 Å². The predicted octanol–water partition coefficient (Wildman–Crippen LogP) is 4.23. The highest BCUT2D eigenvalue weighted by Gasteiger charge is 2.34. The van der Waals surface area contributed by atoms with Gasteiger partial charge in [0.25, 0.3) is 0 Å². The summed E-state index contributed by atoms with van der Waals surface area (Å²) in [6.07, 6.45) is -2.88. The Hall–Kier alpha value is -1.88. The molecule has 0 aliphatic heterocycles. The normalized spacial score (nSPS) is 11.4. The number of aldehydes is 1. The molecule has 0 unspecified atom stereocenters. The minimum Gasteiger partial charge on any atom is -0.298 e. The number of hydrogen-bond acceptors (Lipinski definition) is 2. The Labute approximate surface area is 111 Å². The summed E-state index contributed by atoms with van der Waals surface area (Å²) in [7, 11) is 0. The quantitative estimate of drug-likeness (QED) is 0.773. The monoisotopic (exact) mass is 285 g/mol. The fourth-order valence-electron chi connectivity index (χ4n) is 1.71. The number of nitrogens with zero attached hydrogens (tertiary/aromatic N) is 1. The highest BCUT2D eigenvalue weighted by atomic mass is 35.5. The molecule has 6 heteroatoms. The number of alkyl halides is 3. The Bertz CT molecular complexity index is 626. The summed E-state index contributed by atoms with van der Waals surface area (Å²) in [5.74, 6) is 0. The van der Waals surface area contributed by atoms with E-state index in [0.29, 0.717) is 6.29 Å². The standard InChI is InChI=1S/C13H7ClF3NO/c14-9-5-8(7-19)12(18-6-9)10-3-1-2-4-11(10)13(15,16)17/h1-7H. The number of halogens is 4. The average molecular weight is 286 g/mol. The molecule has 2 nitrogen and oxygen atoms in total. The lowest BCUT2D eigenvalue weighted by molar-refractivity contribution is -0.137. The van der Waals surface area contributed by atoms with E-state index in [1.807, 2.05) is 0 Å². The van der Waals surface area contributed by atoms with Gasteiger partial charge in [-0.15, -0.1) is 0 Å². The first-order valence-corrected chi connectivity index (χ1v) is 5.58. The Morgan fingerprint density at radius 1 is 1.21 bits per heavy atom. The maximum Gasteiger partial charge on any atom is 0.417 e. The van der Waals surface area contributed by atoms with Crippen LogP contribution in [0.25, 0.3) is 11.3 Å². The molecule has 0 fully saturated rings. The summed E-state index contributed by atoms with van der Waals surface area (Å²) in [5.41, 5.74) is -1.00. The maximum atomic E-state index is 12.9. The Morgan fingerprint density at radius 3 is 2.53 bits per heavy atom. The highest BCUT2D eigenvalue weighted by Crippen LogP contribution is 2.37. The molecule has 2 rings (SSSR count). The highest BCUT2D eigenvalue weighted by molar-refractivity contribution is 6.30. The molecular formula is C13H7ClF3NO. The maximum absolute atomic E-state index is 12.9. The SMILES string of the molecule is O=Cc1cc(Cl)cnc1-c1ccccc1C(F)(F)F. The lowest BCUT2D eigenvalue weighted by Crippen LogP contribution is -2.08. The number of rotatable bonds is 2. The topological polar surface area (TPSA) is 30.0 Å². The fourth-order valence-corrected chi connectivity index (χ4v) is 1.87. The van der Waals surface area contributed by atoms with Gasteiger partial charge in [0, 0.05) is 17.3 Å². The van der Waals surface area contributed by atoms with Crippen LogP contribution in [0.3, 0.4) is 0 Å². The van der Waals surface area contributed by atoms with E-state index in [0.717, 1.165) is 6.07 Å². The van der Waals surface area contributed by atoms with E-state index in [9.17, 15) is 18.0 Å². The number of hydrogen-bond donors (Lipinski definition) is 0. The molecule has 0 N–H and O–H groups in total. The first-order chi connectivity index (χ1) is 8.93. The number of carbonyl (C=O) groups excluding carboxylic acids is 1. The van der Waals surface area contributed by atoms with Gasteiger partial charge in [0.2, 0.25) is 0 Å². The first-order valence-electron chi connectivity index (χ1n) is 5.21. The van der Waals surface area contributed by atoms with Crippen molar-refractivity contribution in [1.82, 2.24) is 4.98 Å². The van der Waals surface area contributed by atoms with Crippen LogP contribution in [0.1, 0.15) is 15.9 Å². The van der Waals surface area contributed by atoms with Gasteiger partial charge in [0.15, 0.2) is 6.29 Å². The van der Waals surface area contributed by atoms with Gasteiger partial charge in [-0.25, -0.2) is 0 Å². The molecule has 1 aromatic heterocycles. The van der Waals surface area contributed by atoms with E-state index in [4.69, 9.17) is 11.6 Å². The molecule has 0 radical (unpaired) electrons. The minimum atomic E-state index is -4.52. The molecule has 0 aliphatic carbocycles. The molecule has 0 amide bonds. The smallest absolute Gasteiger partial charge is 0.298 e. The molecule has 0 bridgehead atoms. The van der Waals surface area contributed by atoms with Crippen molar-refractivity contribution < 1.29 is 18.0 Å². The van der Waals surface area contributed by atoms with Crippen molar-refractivity contribution in [2.45, 2.75) is 6.18 Å². The van der Waals surface area contributed by atoms with Crippen molar-refractivity contribution in [1.29, 1.82) is 0 Å². The van der Waals surface area contributed by atoms with E-state index >= 15 is 0 Å². The third-order valence-corrected chi connectivity index (χ3v) is 2.71. The summed E-state index contributed by atoms with van der Waals surface area (Å²) >= 11 is 5.67. The third kappa shape index (κ3) is 2.76. The second-order valence-electron chi connectivity index (χ2n) is 3.75. The van der Waals surface area contributed by atoms with Gasteiger partial charge in [0.1, 0.15) is 0 Å². The van der Waals surface area contributed by atoms with E-state index in [2.05, 4.69) is 4.98 Å². The second-order valence-corrected chi connectivity index (χ2v) is 4.19. The largest absolute Gasteiger partial charge is 0.417 e. The summed E-state index contributed by atoms with van der Waals surface area (Å²) in [6, 6.07) is 6.23. The molecule has 1 heterocycles. The van der Waals surface area contributed by atoms with Gasteiger partial charge in [-0.1, -0.05) is 29.8 Å². The van der Waals surface area contributed by atoms with Crippen molar-refractivity contribution in [2.24, 2.45) is 0 Å². The van der Waals surface area contributed by atoms with Crippen LogP contribution in [0.2, 0.25) is 5.02 Å². The number of carbonyl (C=O) groups is 1. The van der Waals surface area contributed by atoms with Gasteiger partial charge in [-0.2, -0.15) is 13.2 Å². The molecule has 0 aliphatic rings. The first kappa shape index (κ1) is 13.5. The molecule has 2 aromatic rings. The molecule has 0 saturated carbocycles. The molecule has 19 heavy (non-hydrogen) atoms. The molecule has 0 saturated heterocycles. The van der Waals surface area contributed by atoms with Gasteiger partial charge in [0.05, 0.1) is 16.3 Å². The number of aromatic nitrogens is 1. The van der Waals surface area contributed by atoms with Crippen LogP contribution in [0.4, 0.5) is 13.2 Å². The van der Waals surface area contributed by atoms with Crippen LogP contribution in [0.5, 0.6) is 0 Å². The summed E-state index contributed by atoms with van der Waals surface area (Å²) in [5, 5.41) is 0.190. The van der Waals surface area contributed by atoms with Gasteiger partial charge < -0.3 is 0 Å². The molecule has 0 spiro atoms. The van der Waals surface area contributed by atoms with E-state index < -0.39 is 11.7 Å². The fraction of sp³-hybridized carbons (Fsp3) is 0.0769. The van der Waals surface area contributed by atoms with Gasteiger partial charge in [-0.05, 0) is 12.1 Å². The lowest BCUT2D eigenvalue weighted by atomic mass is 10.0. The van der Waals surface area contributed by atoms with Crippen molar-refractivity contribution in [3.05, 3.63) is 52.7 Å². The van der Waals surface area contributed by atoms with E-state index in [1.54, 1.807) is 0 Å². The summed E-state index contributed by atoms with van der Waals surface area (Å²) in [4.78, 5) is 14.8. The van der Waals surface area contributed by atoms with Crippen molar-refractivity contribution in [2.75, 3.05) is 0 Å². The molecule has 0 atom stereocenters. The van der Waals surface area contributed by atoms with Crippen LogP contribution < -0.4 is 0 Å². The van der Waals surface area contributed by atoms with Crippen LogP contribution >= 0.6 is 11.6 Å². The van der Waals surface area contributed by atoms with E-state index in [-0.39, 0.29) is 21.8 Å². The number of pyridine rings is 1. The Morgan fingerprint density at radius 2 is 1.89 bits per heavy atom. The zero-order valence-corrected chi connectivity index (χ0v) is 10.2. The van der Waals surface area contributed by atoms with E-state index in [1.165, 1.54) is 30.5 Å². The van der Waals surface area contributed by atoms with Crippen LogP contribution in [0.15, 0.2) is 36.5 Å². The average Bonchev–Trinajstić information content (AvgIpc) is 2.37. The molecular weight excluding hydrogens is 279 g/mol. The Balaban J connectivity index is 2.69. The van der Waals surface area contributed by atoms with Crippen molar-refractivity contribution in [3.63, 3.8) is 0 Å². The number of benzene rings is 1.